The molecule has 0 aliphatic carbocycles. The summed E-state index contributed by atoms with van der Waals surface area (Å²) >= 11 is 14.9. The number of rotatable bonds is 5. The quantitative estimate of drug-likeness (QED) is 0.545. The molecule has 1 aromatic carbocycles. The van der Waals surface area contributed by atoms with Gasteiger partial charge in [-0.05, 0) is 81.1 Å². The Balaban J connectivity index is 2.47. The van der Waals surface area contributed by atoms with E-state index in [-0.39, 0.29) is 11.9 Å². The number of hydrogen-bond donors (Lipinski definition) is 1. The Kier molecular flexibility index (Phi) is 6.26. The van der Waals surface area contributed by atoms with E-state index >= 15 is 0 Å². The van der Waals surface area contributed by atoms with Crippen molar-refractivity contribution >= 4 is 54.8 Å². The molecule has 2 aromatic rings. The molecule has 0 amide bonds. The summed E-state index contributed by atoms with van der Waals surface area (Å²) < 4.78 is 15.7. The van der Waals surface area contributed by atoms with Crippen LogP contribution in [0.25, 0.3) is 0 Å². The first-order valence-corrected chi connectivity index (χ1v) is 9.35. The lowest BCUT2D eigenvalue weighted by atomic mass is 10.0. The van der Waals surface area contributed by atoms with E-state index in [1.54, 1.807) is 18.3 Å². The van der Waals surface area contributed by atoms with Crippen molar-refractivity contribution in [2.75, 3.05) is 6.54 Å². The Morgan fingerprint density at radius 2 is 2.05 bits per heavy atom. The number of aryl methyl sites for hydroxylation is 1. The Bertz CT molecular complexity index is 625. The van der Waals surface area contributed by atoms with E-state index in [9.17, 15) is 4.39 Å². The first kappa shape index (κ1) is 17.4. The van der Waals surface area contributed by atoms with Crippen molar-refractivity contribution in [3.05, 3.63) is 53.3 Å². The van der Waals surface area contributed by atoms with Crippen LogP contribution >= 0.6 is 54.8 Å². The molecule has 0 saturated carbocycles. The van der Waals surface area contributed by atoms with Gasteiger partial charge in [-0.2, -0.15) is 0 Å². The van der Waals surface area contributed by atoms with Gasteiger partial charge in [0, 0.05) is 14.4 Å². The zero-order chi connectivity index (χ0) is 15.6. The first-order chi connectivity index (χ1) is 9.93. The highest BCUT2D eigenvalue weighted by molar-refractivity contribution is 9.13. The van der Waals surface area contributed by atoms with Crippen LogP contribution in [0.3, 0.4) is 0 Å². The van der Waals surface area contributed by atoms with Crippen LogP contribution in [0.5, 0.6) is 0 Å². The van der Waals surface area contributed by atoms with Gasteiger partial charge in [0.1, 0.15) is 5.82 Å². The van der Waals surface area contributed by atoms with Crippen LogP contribution in [-0.4, -0.2) is 6.54 Å². The van der Waals surface area contributed by atoms with Gasteiger partial charge in [-0.15, -0.1) is 11.3 Å². The van der Waals surface area contributed by atoms with Gasteiger partial charge in [-0.3, -0.25) is 0 Å². The molecule has 1 unspecified atom stereocenters. The lowest BCUT2D eigenvalue weighted by Gasteiger charge is -2.20. The molecule has 114 valence electrons. The molecule has 0 fully saturated rings. The molecule has 0 aliphatic heterocycles. The predicted molar refractivity (Wildman–Crippen MR) is 96.0 cm³/mol. The van der Waals surface area contributed by atoms with Crippen LogP contribution in [-0.2, 0) is 0 Å². The third kappa shape index (κ3) is 4.08. The molecule has 1 aromatic heterocycles. The SMILES string of the molecule is CCCNC(c1cc(Br)c(Br)s1)c1cc(C)c(F)cc1Cl. The van der Waals surface area contributed by atoms with E-state index in [0.29, 0.717) is 10.6 Å². The molecular formula is C15H15Br2ClFNS. The van der Waals surface area contributed by atoms with Crippen molar-refractivity contribution in [2.45, 2.75) is 26.3 Å². The van der Waals surface area contributed by atoms with Gasteiger partial charge in [0.05, 0.1) is 9.83 Å². The summed E-state index contributed by atoms with van der Waals surface area (Å²) in [5, 5.41) is 3.94. The van der Waals surface area contributed by atoms with Crippen LogP contribution in [0.1, 0.15) is 35.4 Å². The van der Waals surface area contributed by atoms with Crippen molar-refractivity contribution in [1.29, 1.82) is 0 Å². The van der Waals surface area contributed by atoms with Crippen LogP contribution < -0.4 is 5.32 Å². The highest BCUT2D eigenvalue weighted by Gasteiger charge is 2.21. The normalized spacial score (nSPS) is 12.7. The number of thiophene rings is 1. The maximum atomic E-state index is 13.6. The molecule has 0 bridgehead atoms. The second-order valence-electron chi connectivity index (χ2n) is 4.78. The molecule has 21 heavy (non-hydrogen) atoms. The van der Waals surface area contributed by atoms with Crippen molar-refractivity contribution in [2.24, 2.45) is 0 Å². The highest BCUT2D eigenvalue weighted by atomic mass is 79.9. The fourth-order valence-corrected chi connectivity index (χ4v) is 4.50. The first-order valence-electron chi connectivity index (χ1n) is 6.57. The van der Waals surface area contributed by atoms with E-state index in [4.69, 9.17) is 11.6 Å². The van der Waals surface area contributed by atoms with Gasteiger partial charge in [0.25, 0.3) is 0 Å². The summed E-state index contributed by atoms with van der Waals surface area (Å²) in [6.07, 6.45) is 1.02. The van der Waals surface area contributed by atoms with Crippen molar-refractivity contribution in [3.8, 4) is 0 Å². The van der Waals surface area contributed by atoms with Gasteiger partial charge < -0.3 is 5.32 Å². The van der Waals surface area contributed by atoms with Gasteiger partial charge in [-0.25, -0.2) is 4.39 Å². The molecule has 1 atom stereocenters. The minimum Gasteiger partial charge on any atom is -0.306 e. The zero-order valence-corrected chi connectivity index (χ0v) is 16.4. The summed E-state index contributed by atoms with van der Waals surface area (Å²) in [4.78, 5) is 1.13. The molecule has 1 nitrogen and oxygen atoms in total. The molecule has 0 spiro atoms. The van der Waals surface area contributed by atoms with Gasteiger partial charge in [0.2, 0.25) is 0 Å². The second-order valence-corrected chi connectivity index (χ2v) is 8.44. The summed E-state index contributed by atoms with van der Waals surface area (Å²) in [5.41, 5.74) is 1.51. The standard InChI is InChI=1S/C15H15Br2ClFNS/c1-3-4-20-14(13-6-10(16)15(17)21-13)9-5-8(2)12(19)7-11(9)18/h5-7,14,20H,3-4H2,1-2H3. The molecule has 0 aliphatic rings. The Morgan fingerprint density at radius 3 is 2.62 bits per heavy atom. The fraction of sp³-hybridized carbons (Fsp3) is 0.333. The third-order valence-corrected chi connectivity index (χ3v) is 6.78. The summed E-state index contributed by atoms with van der Waals surface area (Å²) in [6, 6.07) is 5.25. The molecule has 1 heterocycles. The van der Waals surface area contributed by atoms with Crippen LogP contribution in [0, 0.1) is 12.7 Å². The predicted octanol–water partition coefficient (Wildman–Crippen LogP) is 6.46. The van der Waals surface area contributed by atoms with Gasteiger partial charge in [0.15, 0.2) is 0 Å². The summed E-state index contributed by atoms with van der Waals surface area (Å²) in [6.45, 7) is 4.73. The van der Waals surface area contributed by atoms with E-state index < -0.39 is 0 Å². The van der Waals surface area contributed by atoms with Gasteiger partial charge >= 0.3 is 0 Å². The largest absolute Gasteiger partial charge is 0.306 e. The summed E-state index contributed by atoms with van der Waals surface area (Å²) in [7, 11) is 0. The fourth-order valence-electron chi connectivity index (χ4n) is 2.06. The molecule has 2 rings (SSSR count). The molecule has 0 radical (unpaired) electrons. The van der Waals surface area contributed by atoms with E-state index in [1.165, 1.54) is 6.07 Å². The Hall–Kier alpha value is 0.0600. The number of nitrogens with one attached hydrogen (secondary N) is 1. The molecule has 1 N–H and O–H groups in total. The lowest BCUT2D eigenvalue weighted by molar-refractivity contribution is 0.595. The average molecular weight is 456 g/mol. The minimum atomic E-state index is -0.272. The topological polar surface area (TPSA) is 12.0 Å². The van der Waals surface area contributed by atoms with E-state index in [0.717, 1.165) is 31.7 Å². The minimum absolute atomic E-state index is 0.0376. The number of halogens is 4. The van der Waals surface area contributed by atoms with Crippen LogP contribution in [0.4, 0.5) is 4.39 Å². The van der Waals surface area contributed by atoms with E-state index in [1.807, 2.05) is 6.07 Å². The van der Waals surface area contributed by atoms with Gasteiger partial charge in [-0.1, -0.05) is 18.5 Å². The number of benzene rings is 1. The lowest BCUT2D eigenvalue weighted by Crippen LogP contribution is -2.23. The Labute approximate surface area is 150 Å². The van der Waals surface area contributed by atoms with Crippen LogP contribution in [0.2, 0.25) is 5.02 Å². The monoisotopic (exact) mass is 453 g/mol. The number of hydrogen-bond acceptors (Lipinski definition) is 2. The maximum absolute atomic E-state index is 13.6. The smallest absolute Gasteiger partial charge is 0.127 e. The third-order valence-electron chi connectivity index (χ3n) is 3.14. The van der Waals surface area contributed by atoms with E-state index in [2.05, 4.69) is 50.2 Å². The van der Waals surface area contributed by atoms with Crippen molar-refractivity contribution in [1.82, 2.24) is 5.32 Å². The van der Waals surface area contributed by atoms with Crippen molar-refractivity contribution in [3.63, 3.8) is 0 Å². The van der Waals surface area contributed by atoms with Crippen LogP contribution in [0.15, 0.2) is 26.5 Å². The average Bonchev–Trinajstić information content (AvgIpc) is 2.75. The molecule has 6 heteroatoms. The molecule has 0 saturated heterocycles. The second kappa shape index (κ2) is 7.55. The highest BCUT2D eigenvalue weighted by Crippen LogP contribution is 2.39. The molecular weight excluding hydrogens is 440 g/mol. The maximum Gasteiger partial charge on any atom is 0.127 e. The summed E-state index contributed by atoms with van der Waals surface area (Å²) in [5.74, 6) is -0.272. The zero-order valence-electron chi connectivity index (χ0n) is 11.6. The van der Waals surface area contributed by atoms with Crippen molar-refractivity contribution < 1.29 is 4.39 Å². The Morgan fingerprint density at radius 1 is 1.33 bits per heavy atom.